The Kier molecular flexibility index (Phi) is 3.84. The zero-order valence-corrected chi connectivity index (χ0v) is 10.0. The van der Waals surface area contributed by atoms with Crippen molar-refractivity contribution in [1.82, 2.24) is 9.97 Å². The van der Waals surface area contributed by atoms with Gasteiger partial charge in [0.05, 0.1) is 7.11 Å². The van der Waals surface area contributed by atoms with E-state index in [0.29, 0.717) is 12.3 Å². The molecule has 2 N–H and O–H groups in total. The van der Waals surface area contributed by atoms with Crippen LogP contribution in [0.5, 0.6) is 5.88 Å². The van der Waals surface area contributed by atoms with E-state index in [0.717, 1.165) is 11.3 Å². The summed E-state index contributed by atoms with van der Waals surface area (Å²) in [4.78, 5) is 8.03. The summed E-state index contributed by atoms with van der Waals surface area (Å²) in [6.07, 6.45) is 1.93. The van der Waals surface area contributed by atoms with Gasteiger partial charge in [0.2, 0.25) is 5.88 Å². The second-order valence-corrected chi connectivity index (χ2v) is 3.92. The van der Waals surface area contributed by atoms with Gasteiger partial charge in [-0.05, 0) is 17.7 Å². The molecule has 0 saturated carbocycles. The van der Waals surface area contributed by atoms with Gasteiger partial charge in [-0.3, -0.25) is 0 Å². The van der Waals surface area contributed by atoms with Gasteiger partial charge in [-0.2, -0.15) is 0 Å². The molecule has 5 heteroatoms. The highest BCUT2D eigenvalue weighted by Gasteiger charge is 2.09. The van der Waals surface area contributed by atoms with Crippen molar-refractivity contribution in [1.29, 1.82) is 0 Å². The van der Waals surface area contributed by atoms with Gasteiger partial charge in [-0.1, -0.05) is 12.1 Å². The Morgan fingerprint density at radius 2 is 2.17 bits per heavy atom. The van der Waals surface area contributed by atoms with E-state index in [9.17, 15) is 4.39 Å². The summed E-state index contributed by atoms with van der Waals surface area (Å²) in [7, 11) is 1.54. The van der Waals surface area contributed by atoms with E-state index in [4.69, 9.17) is 10.5 Å². The van der Waals surface area contributed by atoms with Crippen molar-refractivity contribution in [2.24, 2.45) is 5.73 Å². The number of methoxy groups -OCH3 is 1. The van der Waals surface area contributed by atoms with E-state index in [-0.39, 0.29) is 11.9 Å². The highest BCUT2D eigenvalue weighted by atomic mass is 19.1. The SMILES string of the molecule is COc1cc(CC(N)c2cccc(F)c2)ncn1. The van der Waals surface area contributed by atoms with E-state index >= 15 is 0 Å². The van der Waals surface area contributed by atoms with Crippen LogP contribution in [0.4, 0.5) is 4.39 Å². The van der Waals surface area contributed by atoms with Gasteiger partial charge in [0, 0.05) is 24.2 Å². The summed E-state index contributed by atoms with van der Waals surface area (Å²) in [5.74, 6) is 0.203. The predicted molar refractivity (Wildman–Crippen MR) is 65.6 cm³/mol. The predicted octanol–water partition coefficient (Wildman–Crippen LogP) is 1.87. The van der Waals surface area contributed by atoms with Crippen molar-refractivity contribution in [3.8, 4) is 5.88 Å². The van der Waals surface area contributed by atoms with Crippen molar-refractivity contribution in [2.75, 3.05) is 7.11 Å². The number of rotatable bonds is 4. The molecule has 0 amide bonds. The van der Waals surface area contributed by atoms with Crippen molar-refractivity contribution in [2.45, 2.75) is 12.5 Å². The third kappa shape index (κ3) is 3.01. The second kappa shape index (κ2) is 5.55. The standard InChI is InChI=1S/C13H14FN3O/c1-18-13-7-11(16-8-17-13)6-12(15)9-3-2-4-10(14)5-9/h2-5,7-8,12H,6,15H2,1H3. The highest BCUT2D eigenvalue weighted by Crippen LogP contribution is 2.17. The van der Waals surface area contributed by atoms with Gasteiger partial charge in [0.1, 0.15) is 12.1 Å². The first kappa shape index (κ1) is 12.4. The van der Waals surface area contributed by atoms with E-state index < -0.39 is 0 Å². The van der Waals surface area contributed by atoms with Crippen LogP contribution >= 0.6 is 0 Å². The van der Waals surface area contributed by atoms with E-state index in [2.05, 4.69) is 9.97 Å². The molecule has 0 fully saturated rings. The van der Waals surface area contributed by atoms with Gasteiger partial charge < -0.3 is 10.5 Å². The molecule has 2 aromatic rings. The number of hydrogen-bond acceptors (Lipinski definition) is 4. The number of nitrogens with two attached hydrogens (primary N) is 1. The van der Waals surface area contributed by atoms with Crippen LogP contribution < -0.4 is 10.5 Å². The lowest BCUT2D eigenvalue weighted by atomic mass is 10.0. The Morgan fingerprint density at radius 1 is 1.33 bits per heavy atom. The first-order chi connectivity index (χ1) is 8.69. The molecule has 0 spiro atoms. The first-order valence-electron chi connectivity index (χ1n) is 5.55. The summed E-state index contributed by atoms with van der Waals surface area (Å²) in [5.41, 5.74) is 7.53. The second-order valence-electron chi connectivity index (χ2n) is 3.92. The van der Waals surface area contributed by atoms with Crippen LogP contribution in [0.25, 0.3) is 0 Å². The maximum atomic E-state index is 13.1. The molecule has 1 heterocycles. The molecule has 0 aliphatic carbocycles. The minimum atomic E-state index is -0.305. The zero-order valence-electron chi connectivity index (χ0n) is 10.0. The summed E-state index contributed by atoms with van der Waals surface area (Å²) in [6.45, 7) is 0. The normalized spacial score (nSPS) is 12.2. The number of hydrogen-bond donors (Lipinski definition) is 1. The molecule has 18 heavy (non-hydrogen) atoms. The van der Waals surface area contributed by atoms with E-state index in [1.807, 2.05) is 0 Å². The summed E-state index contributed by atoms with van der Waals surface area (Å²) < 4.78 is 18.1. The Hall–Kier alpha value is -2.01. The Labute approximate surface area is 105 Å². The van der Waals surface area contributed by atoms with Crippen LogP contribution in [0.3, 0.4) is 0 Å². The van der Waals surface area contributed by atoms with Crippen LogP contribution in [0, 0.1) is 5.82 Å². The minimum absolute atomic E-state index is 0.289. The van der Waals surface area contributed by atoms with Gasteiger partial charge in [-0.25, -0.2) is 14.4 Å². The molecule has 1 aromatic heterocycles. The van der Waals surface area contributed by atoms with E-state index in [1.165, 1.54) is 18.5 Å². The lowest BCUT2D eigenvalue weighted by Gasteiger charge is -2.11. The molecule has 0 bridgehead atoms. The molecule has 0 aliphatic rings. The smallest absolute Gasteiger partial charge is 0.216 e. The molecule has 1 aromatic carbocycles. The van der Waals surface area contributed by atoms with Crippen LogP contribution in [-0.2, 0) is 6.42 Å². The maximum absolute atomic E-state index is 13.1. The quantitative estimate of drug-likeness (QED) is 0.895. The Bertz CT molecular complexity index is 533. The summed E-state index contributed by atoms with van der Waals surface area (Å²) in [6, 6.07) is 7.68. The fourth-order valence-corrected chi connectivity index (χ4v) is 1.68. The lowest BCUT2D eigenvalue weighted by molar-refractivity contribution is 0.395. The van der Waals surface area contributed by atoms with Crippen molar-refractivity contribution >= 4 is 0 Å². The van der Waals surface area contributed by atoms with Crippen molar-refractivity contribution in [3.05, 3.63) is 53.7 Å². The van der Waals surface area contributed by atoms with Gasteiger partial charge in [-0.15, -0.1) is 0 Å². The number of nitrogens with zero attached hydrogens (tertiary/aromatic N) is 2. The lowest BCUT2D eigenvalue weighted by Crippen LogP contribution is -2.14. The fourth-order valence-electron chi connectivity index (χ4n) is 1.68. The highest BCUT2D eigenvalue weighted by molar-refractivity contribution is 5.22. The van der Waals surface area contributed by atoms with Crippen LogP contribution in [0.15, 0.2) is 36.7 Å². The Balaban J connectivity index is 2.13. The molecule has 2 rings (SSSR count). The topological polar surface area (TPSA) is 61.0 Å². The van der Waals surface area contributed by atoms with Crippen LogP contribution in [0.2, 0.25) is 0 Å². The largest absolute Gasteiger partial charge is 0.481 e. The molecule has 94 valence electrons. The van der Waals surface area contributed by atoms with Gasteiger partial charge in [0.15, 0.2) is 0 Å². The fraction of sp³-hybridized carbons (Fsp3) is 0.231. The molecule has 4 nitrogen and oxygen atoms in total. The molecular weight excluding hydrogens is 233 g/mol. The Morgan fingerprint density at radius 3 is 2.89 bits per heavy atom. The van der Waals surface area contributed by atoms with E-state index in [1.54, 1.807) is 25.3 Å². The number of ether oxygens (including phenoxy) is 1. The molecule has 0 radical (unpaired) electrons. The first-order valence-corrected chi connectivity index (χ1v) is 5.55. The summed E-state index contributed by atoms with van der Waals surface area (Å²) in [5, 5.41) is 0. The third-order valence-corrected chi connectivity index (χ3v) is 2.61. The number of benzene rings is 1. The average Bonchev–Trinajstić information content (AvgIpc) is 2.39. The molecule has 0 aliphatic heterocycles. The molecular formula is C13H14FN3O. The average molecular weight is 247 g/mol. The van der Waals surface area contributed by atoms with Gasteiger partial charge >= 0.3 is 0 Å². The monoisotopic (exact) mass is 247 g/mol. The molecule has 1 atom stereocenters. The van der Waals surface area contributed by atoms with Crippen LogP contribution in [0.1, 0.15) is 17.3 Å². The van der Waals surface area contributed by atoms with Gasteiger partial charge in [0.25, 0.3) is 0 Å². The van der Waals surface area contributed by atoms with Crippen molar-refractivity contribution in [3.63, 3.8) is 0 Å². The third-order valence-electron chi connectivity index (χ3n) is 2.61. The number of halogens is 1. The summed E-state index contributed by atoms with van der Waals surface area (Å²) >= 11 is 0. The molecule has 1 unspecified atom stereocenters. The van der Waals surface area contributed by atoms with Crippen molar-refractivity contribution < 1.29 is 9.13 Å². The zero-order chi connectivity index (χ0) is 13.0. The molecule has 0 saturated heterocycles. The minimum Gasteiger partial charge on any atom is -0.481 e. The number of aromatic nitrogens is 2. The maximum Gasteiger partial charge on any atom is 0.216 e. The van der Waals surface area contributed by atoms with Crippen LogP contribution in [-0.4, -0.2) is 17.1 Å².